The molecule has 9 amide bonds. The SMILES string of the molecule is CC(C)C1NC(=O)[C@H](CC(=O)O)NC(=O)[C@H](C)N(C)C(=O)[C@@H](Cc2c[nH]c3ccccc23)NC(=O)CSC[C@@H](C(=O)NCC(N)=O)NC(=O)CNC(=O)[C@H](CO)N(C)C1=O. The quantitative estimate of drug-likeness (QED) is 0.115. The number of nitrogens with two attached hydrogens (primary N) is 1. The molecule has 0 radical (unpaired) electrons. The number of nitrogens with zero attached hydrogens (tertiary/aromatic N) is 2. The first-order chi connectivity index (χ1) is 28.2. The van der Waals surface area contributed by atoms with Gasteiger partial charge in [-0.1, -0.05) is 32.0 Å². The lowest BCUT2D eigenvalue weighted by atomic mass is 10.0. The molecular weight excluding hydrogens is 809 g/mol. The van der Waals surface area contributed by atoms with E-state index < -0.39 is 127 Å². The van der Waals surface area contributed by atoms with Gasteiger partial charge in [0.25, 0.3) is 0 Å². The Hall–Kier alpha value is -6.23. The second kappa shape index (κ2) is 22.2. The highest BCUT2D eigenvalue weighted by atomic mass is 32.2. The first-order valence-electron chi connectivity index (χ1n) is 18.8. The van der Waals surface area contributed by atoms with Gasteiger partial charge in [0, 0.05) is 43.4 Å². The minimum Gasteiger partial charge on any atom is -0.481 e. The van der Waals surface area contributed by atoms with Gasteiger partial charge in [-0.25, -0.2) is 0 Å². The van der Waals surface area contributed by atoms with Crippen molar-refractivity contribution in [3.05, 3.63) is 36.0 Å². The zero-order chi connectivity index (χ0) is 44.8. The Labute approximate surface area is 348 Å². The number of likely N-dealkylation sites (N-methyl/N-ethyl adjacent to an activating group) is 2. The number of carboxylic acid groups (broad SMARTS) is 1. The van der Waals surface area contributed by atoms with Crippen molar-refractivity contribution in [3.8, 4) is 0 Å². The van der Waals surface area contributed by atoms with Crippen molar-refractivity contribution in [1.82, 2.24) is 46.7 Å². The van der Waals surface area contributed by atoms with Crippen LogP contribution in [0.15, 0.2) is 30.5 Å². The first-order valence-corrected chi connectivity index (χ1v) is 19.9. The molecule has 2 aromatic rings. The van der Waals surface area contributed by atoms with E-state index in [1.165, 1.54) is 27.8 Å². The molecule has 1 aliphatic heterocycles. The van der Waals surface area contributed by atoms with Crippen LogP contribution in [0.3, 0.4) is 0 Å². The third-order valence-corrected chi connectivity index (χ3v) is 10.6. The van der Waals surface area contributed by atoms with Crippen molar-refractivity contribution in [2.75, 3.05) is 45.3 Å². The summed E-state index contributed by atoms with van der Waals surface area (Å²) in [6.07, 6.45) is 0.677. The number of aliphatic hydroxyl groups excluding tert-OH is 1. The van der Waals surface area contributed by atoms with Gasteiger partial charge in [0.15, 0.2) is 0 Å². The summed E-state index contributed by atoms with van der Waals surface area (Å²) in [5.41, 5.74) is 6.54. The fourth-order valence-corrected chi connectivity index (χ4v) is 6.90. The van der Waals surface area contributed by atoms with Gasteiger partial charge in [-0.2, -0.15) is 0 Å². The van der Waals surface area contributed by atoms with Crippen LogP contribution in [0.5, 0.6) is 0 Å². The Balaban J connectivity index is 2.03. The molecule has 0 aliphatic carbocycles. The molecule has 1 saturated heterocycles. The molecule has 6 atom stereocenters. The Morgan fingerprint density at radius 3 is 2.22 bits per heavy atom. The van der Waals surface area contributed by atoms with E-state index in [2.05, 4.69) is 36.9 Å². The number of hydrogen-bond acceptors (Lipinski definition) is 12. The highest BCUT2D eigenvalue weighted by molar-refractivity contribution is 8.00. The molecule has 0 spiro atoms. The second-order valence-electron chi connectivity index (χ2n) is 14.4. The molecule has 1 fully saturated rings. The van der Waals surface area contributed by atoms with Crippen LogP contribution in [-0.2, 0) is 54.4 Å². The fourth-order valence-electron chi connectivity index (χ4n) is 6.05. The summed E-state index contributed by atoms with van der Waals surface area (Å²) >= 11 is 0.872. The van der Waals surface area contributed by atoms with Crippen LogP contribution in [0.1, 0.15) is 32.8 Å². The smallest absolute Gasteiger partial charge is 0.305 e. The van der Waals surface area contributed by atoms with E-state index in [4.69, 9.17) is 5.73 Å². The Morgan fingerprint density at radius 2 is 1.58 bits per heavy atom. The van der Waals surface area contributed by atoms with Crippen molar-refractivity contribution < 1.29 is 58.2 Å². The summed E-state index contributed by atoms with van der Waals surface area (Å²) in [5.74, 6) is -10.7. The summed E-state index contributed by atoms with van der Waals surface area (Å²) in [4.78, 5) is 136. The number of amides is 9. The van der Waals surface area contributed by atoms with E-state index in [0.29, 0.717) is 5.56 Å². The third kappa shape index (κ3) is 13.4. The Kier molecular flexibility index (Phi) is 17.8. The highest BCUT2D eigenvalue weighted by Crippen LogP contribution is 2.20. The number of rotatable bonds is 9. The minimum atomic E-state index is -1.75. The molecule has 2 heterocycles. The highest BCUT2D eigenvalue weighted by Gasteiger charge is 2.37. The maximum absolute atomic E-state index is 14.1. The average molecular weight is 861 g/mol. The molecule has 11 N–H and O–H groups in total. The molecule has 328 valence electrons. The van der Waals surface area contributed by atoms with Crippen molar-refractivity contribution in [2.45, 2.75) is 69.9 Å². The molecule has 22 nitrogen and oxygen atoms in total. The van der Waals surface area contributed by atoms with Crippen molar-refractivity contribution in [1.29, 1.82) is 0 Å². The molecule has 0 saturated carbocycles. The van der Waals surface area contributed by atoms with Gasteiger partial charge in [0.1, 0.15) is 36.3 Å². The lowest BCUT2D eigenvalue weighted by molar-refractivity contribution is -0.146. The molecule has 1 aliphatic rings. The number of nitrogens with one attached hydrogen (secondary N) is 7. The van der Waals surface area contributed by atoms with Crippen molar-refractivity contribution >= 4 is 81.8 Å². The summed E-state index contributed by atoms with van der Waals surface area (Å²) in [6, 6.07) is -1.55. The molecular formula is C37H52N10O12S. The van der Waals surface area contributed by atoms with Gasteiger partial charge >= 0.3 is 5.97 Å². The lowest BCUT2D eigenvalue weighted by Gasteiger charge is -2.32. The van der Waals surface area contributed by atoms with Gasteiger partial charge in [0.05, 0.1) is 31.9 Å². The number of H-pyrrole nitrogens is 1. The predicted molar refractivity (Wildman–Crippen MR) is 215 cm³/mol. The van der Waals surface area contributed by atoms with Crippen LogP contribution in [0.4, 0.5) is 0 Å². The fraction of sp³-hybridized carbons (Fsp3) is 0.514. The lowest BCUT2D eigenvalue weighted by Crippen LogP contribution is -2.61. The number of aromatic nitrogens is 1. The number of aromatic amines is 1. The van der Waals surface area contributed by atoms with Gasteiger partial charge in [-0.15, -0.1) is 11.8 Å². The third-order valence-electron chi connectivity index (χ3n) is 9.60. The summed E-state index contributed by atoms with van der Waals surface area (Å²) in [5, 5.41) is 34.8. The number of benzene rings is 1. The van der Waals surface area contributed by atoms with Gasteiger partial charge in [0.2, 0.25) is 53.2 Å². The predicted octanol–water partition coefficient (Wildman–Crippen LogP) is -4.09. The van der Waals surface area contributed by atoms with Gasteiger partial charge < -0.3 is 62.6 Å². The molecule has 60 heavy (non-hydrogen) atoms. The topological polar surface area (TPSA) is 332 Å². The van der Waals surface area contributed by atoms with Crippen LogP contribution < -0.4 is 37.6 Å². The van der Waals surface area contributed by atoms with Crippen LogP contribution in [0, 0.1) is 5.92 Å². The monoisotopic (exact) mass is 860 g/mol. The first kappa shape index (κ1) is 48.1. The Morgan fingerprint density at radius 1 is 0.900 bits per heavy atom. The molecule has 1 aromatic heterocycles. The molecule has 3 rings (SSSR count). The number of carbonyl (C=O) groups is 10. The number of primary amides is 1. The molecule has 1 unspecified atom stereocenters. The standard InChI is InChI=1S/C37H52N10O12S/c1-18(2)31-37(59)47(5)26(15-48)35(57)41-14-28(50)43-25(33(55)40-13-27(38)49)16-60-17-29(51)42-24(10-20-12-39-22-9-7-6-8-21(20)22)36(58)46(4)19(3)32(54)44-23(11-30(52)53)34(56)45-31/h6-9,12,18-19,23-26,31,39,48H,10-11,13-17H2,1-5H3,(H2,38,49)(H,40,55)(H,41,57)(H,42,51)(H,43,50)(H,44,54)(H,45,56)(H,52,53)/t19-,23-,24+,25-,26-,31?/m0/s1. The van der Waals surface area contributed by atoms with E-state index in [9.17, 15) is 58.2 Å². The maximum Gasteiger partial charge on any atom is 0.305 e. The average Bonchev–Trinajstić information content (AvgIpc) is 3.60. The van der Waals surface area contributed by atoms with E-state index in [-0.39, 0.29) is 17.9 Å². The normalized spacial score (nSPS) is 23.8. The molecule has 1 aromatic carbocycles. The van der Waals surface area contributed by atoms with Crippen molar-refractivity contribution in [2.24, 2.45) is 11.7 Å². The summed E-state index contributed by atoms with van der Waals surface area (Å²) in [7, 11) is 2.43. The number of para-hydroxylation sites is 1. The van der Waals surface area contributed by atoms with E-state index in [1.807, 2.05) is 6.07 Å². The number of hydrogen-bond donors (Lipinski definition) is 10. The summed E-state index contributed by atoms with van der Waals surface area (Å²) < 4.78 is 0. The number of thioether (sulfide) groups is 1. The number of aliphatic hydroxyl groups is 1. The van der Waals surface area contributed by atoms with Crippen molar-refractivity contribution in [3.63, 3.8) is 0 Å². The minimum absolute atomic E-state index is 0.0574. The van der Waals surface area contributed by atoms with Gasteiger partial charge in [-0.05, 0) is 24.5 Å². The number of fused-ring (bicyclic) bond motifs is 1. The second-order valence-corrected chi connectivity index (χ2v) is 15.4. The van der Waals surface area contributed by atoms with Crippen LogP contribution in [0.25, 0.3) is 10.9 Å². The maximum atomic E-state index is 14.1. The molecule has 0 bridgehead atoms. The Bertz CT molecular complexity index is 1960. The van der Waals surface area contributed by atoms with Crippen LogP contribution >= 0.6 is 11.8 Å². The van der Waals surface area contributed by atoms with Crippen LogP contribution in [0.2, 0.25) is 0 Å². The largest absolute Gasteiger partial charge is 0.481 e. The van der Waals surface area contributed by atoms with E-state index in [0.717, 1.165) is 39.5 Å². The van der Waals surface area contributed by atoms with Crippen LogP contribution in [-0.4, -0.2) is 166 Å². The summed E-state index contributed by atoms with van der Waals surface area (Å²) in [6.45, 7) is 2.13. The zero-order valence-corrected chi connectivity index (χ0v) is 34.6. The molecule has 23 heteroatoms. The zero-order valence-electron chi connectivity index (χ0n) is 33.7. The van der Waals surface area contributed by atoms with E-state index in [1.54, 1.807) is 24.4 Å². The van der Waals surface area contributed by atoms with E-state index >= 15 is 0 Å². The number of carboxylic acids is 1. The number of aliphatic carboxylic acids is 1. The van der Waals surface area contributed by atoms with Gasteiger partial charge in [-0.3, -0.25) is 47.9 Å². The number of carbonyl (C=O) groups excluding carboxylic acids is 9.